The van der Waals surface area contributed by atoms with Crippen LogP contribution in [0.25, 0.3) is 17.2 Å². The van der Waals surface area contributed by atoms with E-state index in [-0.39, 0.29) is 18.4 Å². The number of rotatable bonds is 5. The van der Waals surface area contributed by atoms with Crippen molar-refractivity contribution in [3.05, 3.63) is 66.1 Å². The smallest absolute Gasteiger partial charge is 0.277 e. The topological polar surface area (TPSA) is 108 Å². The Morgan fingerprint density at radius 1 is 0.892 bits per heavy atom. The average molecular weight is 500 g/mol. The molecule has 1 saturated heterocycles. The molecule has 2 aromatic carbocycles. The molecule has 188 valence electrons. The maximum absolute atomic E-state index is 13.9. The molecule has 0 bridgehead atoms. The number of carbonyl (C=O) groups is 2. The zero-order valence-electron chi connectivity index (χ0n) is 20.5. The van der Waals surface area contributed by atoms with E-state index < -0.39 is 0 Å². The van der Waals surface area contributed by atoms with E-state index in [1.165, 1.54) is 0 Å². The molecule has 1 fully saturated rings. The maximum atomic E-state index is 13.9. The predicted molar refractivity (Wildman–Crippen MR) is 135 cm³/mol. The summed E-state index contributed by atoms with van der Waals surface area (Å²) >= 11 is 0. The van der Waals surface area contributed by atoms with Gasteiger partial charge in [-0.25, -0.2) is 9.67 Å². The van der Waals surface area contributed by atoms with Crippen LogP contribution in [-0.2, 0) is 23.0 Å². The van der Waals surface area contributed by atoms with Gasteiger partial charge in [0.1, 0.15) is 30.1 Å². The Kier molecular flexibility index (Phi) is 5.68. The van der Waals surface area contributed by atoms with Gasteiger partial charge in [-0.15, -0.1) is 5.10 Å². The number of anilines is 2. The zero-order valence-corrected chi connectivity index (χ0v) is 20.5. The lowest BCUT2D eigenvalue weighted by atomic mass is 10.0. The summed E-state index contributed by atoms with van der Waals surface area (Å²) in [7, 11) is 3.40. The first-order chi connectivity index (χ1) is 18.0. The average Bonchev–Trinajstić information content (AvgIpc) is 3.53. The molecule has 0 saturated carbocycles. The van der Waals surface area contributed by atoms with Crippen LogP contribution in [-0.4, -0.2) is 69.8 Å². The fraction of sp³-hybridized carbons (Fsp3) is 0.269. The first-order valence-corrected chi connectivity index (χ1v) is 12.0. The third-order valence-electron chi connectivity index (χ3n) is 6.60. The van der Waals surface area contributed by atoms with Crippen LogP contribution in [0.15, 0.2) is 54.9 Å². The van der Waals surface area contributed by atoms with E-state index in [9.17, 15) is 9.59 Å². The van der Waals surface area contributed by atoms with Gasteiger partial charge >= 0.3 is 0 Å². The molecular weight excluding hydrogens is 474 g/mol. The molecule has 37 heavy (non-hydrogen) atoms. The molecular formula is C26H25N7O4. The van der Waals surface area contributed by atoms with Crippen molar-refractivity contribution in [3.63, 3.8) is 0 Å². The van der Waals surface area contributed by atoms with Crippen LogP contribution in [0.4, 0.5) is 11.4 Å². The lowest BCUT2D eigenvalue weighted by Crippen LogP contribution is -2.41. The minimum Gasteiger partial charge on any atom is -0.497 e. The molecule has 2 amide bonds. The van der Waals surface area contributed by atoms with Crippen LogP contribution in [0.1, 0.15) is 16.1 Å². The first kappa shape index (κ1) is 22.9. The van der Waals surface area contributed by atoms with Crippen LogP contribution >= 0.6 is 0 Å². The summed E-state index contributed by atoms with van der Waals surface area (Å²) < 4.78 is 13.8. The number of fused-ring (bicyclic) bond motifs is 1. The molecule has 0 spiro atoms. The van der Waals surface area contributed by atoms with Crippen molar-refractivity contribution >= 4 is 23.2 Å². The molecule has 2 aliphatic rings. The number of nitrogens with zero attached hydrogens (tertiary/aromatic N) is 7. The lowest BCUT2D eigenvalue weighted by Gasteiger charge is -2.29. The number of amides is 2. The molecule has 11 heteroatoms. The Bertz CT molecular complexity index is 1470. The highest BCUT2D eigenvalue weighted by molar-refractivity contribution is 6.08. The zero-order chi connectivity index (χ0) is 25.5. The summed E-state index contributed by atoms with van der Waals surface area (Å²) in [5, 5.41) is 9.23. The van der Waals surface area contributed by atoms with E-state index >= 15 is 0 Å². The lowest BCUT2D eigenvalue weighted by molar-refractivity contribution is -0.125. The molecule has 0 atom stereocenters. The van der Waals surface area contributed by atoms with Gasteiger partial charge in [-0.05, 0) is 55.0 Å². The number of hydrogen-bond acceptors (Lipinski definition) is 7. The van der Waals surface area contributed by atoms with Gasteiger partial charge in [0.2, 0.25) is 5.82 Å². The number of aromatic nitrogens is 5. The van der Waals surface area contributed by atoms with Gasteiger partial charge < -0.3 is 19.3 Å². The van der Waals surface area contributed by atoms with Crippen LogP contribution < -0.4 is 14.5 Å². The van der Waals surface area contributed by atoms with E-state index in [4.69, 9.17) is 14.6 Å². The number of ether oxygens (including phenoxy) is 2. The van der Waals surface area contributed by atoms with Gasteiger partial charge in [0.05, 0.1) is 19.4 Å². The molecule has 0 N–H and O–H groups in total. The highest BCUT2D eigenvalue weighted by Crippen LogP contribution is 2.33. The maximum Gasteiger partial charge on any atom is 0.277 e. The summed E-state index contributed by atoms with van der Waals surface area (Å²) in [6.07, 6.45) is 2.21. The van der Waals surface area contributed by atoms with Crippen LogP contribution in [0, 0.1) is 0 Å². The van der Waals surface area contributed by atoms with Gasteiger partial charge in [0, 0.05) is 37.1 Å². The molecule has 0 aliphatic carbocycles. The van der Waals surface area contributed by atoms with E-state index in [1.54, 1.807) is 39.6 Å². The van der Waals surface area contributed by atoms with Gasteiger partial charge in [-0.3, -0.25) is 14.3 Å². The fourth-order valence-electron chi connectivity index (χ4n) is 4.75. The minimum atomic E-state index is -0.165. The summed E-state index contributed by atoms with van der Waals surface area (Å²) in [4.78, 5) is 34.0. The predicted octanol–water partition coefficient (Wildman–Crippen LogP) is 2.24. The molecule has 4 aromatic rings. The first-order valence-electron chi connectivity index (χ1n) is 12.0. The Labute approximate surface area is 212 Å². The highest BCUT2D eigenvalue weighted by atomic mass is 16.5. The third-order valence-corrected chi connectivity index (χ3v) is 6.60. The van der Waals surface area contributed by atoms with Crippen molar-refractivity contribution < 1.29 is 19.1 Å². The SMILES string of the molecule is COc1ccc(-n2nc(-c3ncn(C)n3)c3c2C(=O)N(c2ccc(N4CCOCC4=O)cc2)CC3)cc1. The largest absolute Gasteiger partial charge is 0.497 e. The summed E-state index contributed by atoms with van der Waals surface area (Å²) in [5.41, 5.74) is 4.16. The number of carbonyl (C=O) groups excluding carboxylic acids is 2. The van der Waals surface area contributed by atoms with Crippen LogP contribution in [0.5, 0.6) is 5.75 Å². The van der Waals surface area contributed by atoms with Gasteiger partial charge in [-0.2, -0.15) is 5.10 Å². The van der Waals surface area contributed by atoms with E-state index in [1.807, 2.05) is 48.5 Å². The van der Waals surface area contributed by atoms with E-state index in [0.29, 0.717) is 49.1 Å². The Balaban J connectivity index is 1.38. The Hall–Kier alpha value is -4.51. The van der Waals surface area contributed by atoms with Gasteiger partial charge in [0.15, 0.2) is 0 Å². The normalized spacial score (nSPS) is 15.7. The summed E-state index contributed by atoms with van der Waals surface area (Å²) in [6, 6.07) is 14.9. The van der Waals surface area contributed by atoms with Crippen molar-refractivity contribution in [2.75, 3.05) is 43.2 Å². The Morgan fingerprint density at radius 3 is 2.24 bits per heavy atom. The number of methoxy groups -OCH3 is 1. The monoisotopic (exact) mass is 499 g/mol. The molecule has 0 unspecified atom stereocenters. The van der Waals surface area contributed by atoms with Crippen molar-refractivity contribution in [3.8, 4) is 23.0 Å². The molecule has 11 nitrogen and oxygen atoms in total. The summed E-state index contributed by atoms with van der Waals surface area (Å²) in [5.74, 6) is 0.952. The van der Waals surface area contributed by atoms with E-state index in [2.05, 4.69) is 10.1 Å². The number of morpholine rings is 1. The van der Waals surface area contributed by atoms with Crippen LogP contribution in [0.2, 0.25) is 0 Å². The summed E-state index contributed by atoms with van der Waals surface area (Å²) in [6.45, 7) is 1.58. The fourth-order valence-corrected chi connectivity index (χ4v) is 4.75. The van der Waals surface area contributed by atoms with Crippen LogP contribution in [0.3, 0.4) is 0 Å². The van der Waals surface area contributed by atoms with Crippen molar-refractivity contribution in [1.82, 2.24) is 24.5 Å². The highest BCUT2D eigenvalue weighted by Gasteiger charge is 2.34. The molecule has 6 rings (SSSR count). The van der Waals surface area contributed by atoms with E-state index in [0.717, 1.165) is 22.6 Å². The second-order valence-corrected chi connectivity index (χ2v) is 8.85. The molecule has 2 aromatic heterocycles. The number of benzene rings is 2. The minimum absolute atomic E-state index is 0.0725. The van der Waals surface area contributed by atoms with Crippen molar-refractivity contribution in [2.45, 2.75) is 6.42 Å². The van der Waals surface area contributed by atoms with Gasteiger partial charge in [0.25, 0.3) is 11.8 Å². The number of hydrogen-bond donors (Lipinski definition) is 0. The quantitative estimate of drug-likeness (QED) is 0.414. The third kappa shape index (κ3) is 4.02. The van der Waals surface area contributed by atoms with Crippen molar-refractivity contribution in [2.24, 2.45) is 7.05 Å². The molecule has 4 heterocycles. The molecule has 0 radical (unpaired) electrons. The molecule has 2 aliphatic heterocycles. The Morgan fingerprint density at radius 2 is 1.59 bits per heavy atom. The standard InChI is InChI=1S/C26H25N7O4/c1-30-16-27-25(29-30)23-21-11-12-32(18-5-3-17(4-6-18)31-13-14-37-15-22(31)34)26(35)24(21)33(28-23)19-7-9-20(36-2)10-8-19/h3-10,16H,11-15H2,1-2H3. The second kappa shape index (κ2) is 9.17. The number of aryl methyl sites for hydroxylation is 1. The second-order valence-electron chi connectivity index (χ2n) is 8.85. The van der Waals surface area contributed by atoms with Gasteiger partial charge in [-0.1, -0.05) is 0 Å². The van der Waals surface area contributed by atoms with Crippen molar-refractivity contribution in [1.29, 1.82) is 0 Å².